The molecule has 1 aromatic heterocycles. The molecule has 2 rings (SSSR count). The highest BCUT2D eigenvalue weighted by molar-refractivity contribution is 9.08. The van der Waals surface area contributed by atoms with Gasteiger partial charge in [0.05, 0.1) is 15.4 Å². The average Bonchev–Trinajstić information content (AvgIpc) is 2.76. The van der Waals surface area contributed by atoms with Crippen LogP contribution in [-0.2, 0) is 17.3 Å². The van der Waals surface area contributed by atoms with Gasteiger partial charge >= 0.3 is 0 Å². The quantitative estimate of drug-likeness (QED) is 0.718. The number of hydrogen-bond acceptors (Lipinski definition) is 2. The number of nitrogens with zero attached hydrogens (tertiary/aromatic N) is 3. The highest BCUT2D eigenvalue weighted by Crippen LogP contribution is 2.25. The minimum absolute atomic E-state index is 0.0713. The van der Waals surface area contributed by atoms with Gasteiger partial charge in [0, 0.05) is 12.0 Å². The van der Waals surface area contributed by atoms with Crippen LogP contribution in [0.25, 0.3) is 0 Å². The molecular weight excluding hydrogens is 361 g/mol. The lowest BCUT2D eigenvalue weighted by atomic mass is 10.1. The number of halogens is 3. The summed E-state index contributed by atoms with van der Waals surface area (Å²) in [5.41, 5.74) is 0.997. The first kappa shape index (κ1) is 15.8. The molecule has 1 aromatic carbocycles. The molecule has 0 saturated carbocycles. The summed E-state index contributed by atoms with van der Waals surface area (Å²) in [6.45, 7) is 6.42. The summed E-state index contributed by atoms with van der Waals surface area (Å²) in [6.07, 6.45) is 0.675. The van der Waals surface area contributed by atoms with Crippen LogP contribution < -0.4 is 0 Å². The van der Waals surface area contributed by atoms with Crippen molar-refractivity contribution in [1.29, 1.82) is 0 Å². The fourth-order valence-corrected chi connectivity index (χ4v) is 2.84. The lowest BCUT2D eigenvalue weighted by Gasteiger charge is -2.24. The van der Waals surface area contributed by atoms with Crippen LogP contribution in [0.15, 0.2) is 18.2 Å². The van der Waals surface area contributed by atoms with Gasteiger partial charge in [0.15, 0.2) is 0 Å². The van der Waals surface area contributed by atoms with Crippen molar-refractivity contribution in [1.82, 2.24) is 14.8 Å². The molecule has 0 aliphatic heterocycles. The van der Waals surface area contributed by atoms with E-state index in [0.29, 0.717) is 21.8 Å². The number of rotatable bonds is 3. The SMILES string of the molecule is CC(C)(C)n1c(CBr)nnc1Cc1ccc(Cl)c(Cl)c1. The van der Waals surface area contributed by atoms with E-state index in [-0.39, 0.29) is 5.54 Å². The van der Waals surface area contributed by atoms with Crippen LogP contribution in [0.2, 0.25) is 10.0 Å². The van der Waals surface area contributed by atoms with Crippen molar-refractivity contribution in [2.45, 2.75) is 38.1 Å². The maximum Gasteiger partial charge on any atom is 0.144 e. The van der Waals surface area contributed by atoms with Gasteiger partial charge in [-0.3, -0.25) is 0 Å². The fourth-order valence-electron chi connectivity index (χ4n) is 2.16. The van der Waals surface area contributed by atoms with Gasteiger partial charge in [-0.05, 0) is 38.5 Å². The molecule has 0 spiro atoms. The monoisotopic (exact) mass is 375 g/mol. The Labute approximate surface area is 137 Å². The Hall–Kier alpha value is -0.580. The summed E-state index contributed by atoms with van der Waals surface area (Å²) in [7, 11) is 0. The molecule has 0 bridgehead atoms. The minimum Gasteiger partial charge on any atom is -0.309 e. The Morgan fingerprint density at radius 3 is 2.30 bits per heavy atom. The minimum atomic E-state index is -0.0713. The normalized spacial score (nSPS) is 11.9. The van der Waals surface area contributed by atoms with Crippen LogP contribution in [-0.4, -0.2) is 14.8 Å². The highest BCUT2D eigenvalue weighted by Gasteiger charge is 2.22. The maximum absolute atomic E-state index is 6.06. The molecule has 0 aliphatic rings. The Balaban J connectivity index is 2.38. The molecule has 1 heterocycles. The average molecular weight is 377 g/mol. The smallest absolute Gasteiger partial charge is 0.144 e. The van der Waals surface area contributed by atoms with Crippen molar-refractivity contribution in [3.05, 3.63) is 45.5 Å². The van der Waals surface area contributed by atoms with Crippen LogP contribution in [0.4, 0.5) is 0 Å². The number of alkyl halides is 1. The topological polar surface area (TPSA) is 30.7 Å². The van der Waals surface area contributed by atoms with Crippen LogP contribution in [0.5, 0.6) is 0 Å². The van der Waals surface area contributed by atoms with E-state index in [1.54, 1.807) is 0 Å². The predicted molar refractivity (Wildman–Crippen MR) is 86.9 cm³/mol. The van der Waals surface area contributed by atoms with E-state index < -0.39 is 0 Å². The number of aromatic nitrogens is 3. The van der Waals surface area contributed by atoms with Crippen molar-refractivity contribution in [3.63, 3.8) is 0 Å². The van der Waals surface area contributed by atoms with Crippen molar-refractivity contribution < 1.29 is 0 Å². The first-order chi connectivity index (χ1) is 9.32. The molecule has 0 N–H and O–H groups in total. The first-order valence-corrected chi connectivity index (χ1v) is 8.14. The lowest BCUT2D eigenvalue weighted by molar-refractivity contribution is 0.375. The lowest BCUT2D eigenvalue weighted by Crippen LogP contribution is -2.26. The molecule has 6 heteroatoms. The molecule has 108 valence electrons. The van der Waals surface area contributed by atoms with Gasteiger partial charge in [0.2, 0.25) is 0 Å². The highest BCUT2D eigenvalue weighted by atomic mass is 79.9. The maximum atomic E-state index is 6.06. The standard InChI is InChI=1S/C14H16BrCl2N3/c1-14(2,3)20-12(18-19-13(20)8-15)7-9-4-5-10(16)11(17)6-9/h4-6H,7-8H2,1-3H3. The van der Waals surface area contributed by atoms with Crippen LogP contribution in [0, 0.1) is 0 Å². The zero-order valence-electron chi connectivity index (χ0n) is 11.6. The Bertz CT molecular complexity index is 617. The largest absolute Gasteiger partial charge is 0.309 e. The summed E-state index contributed by atoms with van der Waals surface area (Å²) in [4.78, 5) is 0. The van der Waals surface area contributed by atoms with E-state index in [0.717, 1.165) is 17.2 Å². The number of hydrogen-bond donors (Lipinski definition) is 0. The molecule has 0 aliphatic carbocycles. The molecule has 0 saturated heterocycles. The summed E-state index contributed by atoms with van der Waals surface area (Å²) in [5, 5.41) is 10.4. The molecule has 0 unspecified atom stereocenters. The van der Waals surface area contributed by atoms with Gasteiger partial charge < -0.3 is 4.57 Å². The third kappa shape index (κ3) is 3.35. The van der Waals surface area contributed by atoms with E-state index >= 15 is 0 Å². The third-order valence-corrected chi connectivity index (χ3v) is 4.17. The van der Waals surface area contributed by atoms with Crippen molar-refractivity contribution in [3.8, 4) is 0 Å². The second-order valence-corrected chi connectivity index (χ2v) is 6.97. The second kappa shape index (κ2) is 6.04. The van der Waals surface area contributed by atoms with Crippen LogP contribution in [0.3, 0.4) is 0 Å². The molecule has 0 radical (unpaired) electrons. The predicted octanol–water partition coefficient (Wildman–Crippen LogP) is 4.83. The summed E-state index contributed by atoms with van der Waals surface area (Å²) >= 11 is 15.5. The Morgan fingerprint density at radius 1 is 1.10 bits per heavy atom. The fraction of sp³-hybridized carbons (Fsp3) is 0.429. The Kier molecular flexibility index (Phi) is 4.77. The second-order valence-electron chi connectivity index (χ2n) is 5.60. The zero-order chi connectivity index (χ0) is 14.9. The van der Waals surface area contributed by atoms with E-state index in [1.807, 2.05) is 18.2 Å². The molecule has 2 aromatic rings. The molecule has 0 fully saturated rings. The van der Waals surface area contributed by atoms with E-state index in [1.165, 1.54) is 0 Å². The summed E-state index contributed by atoms with van der Waals surface area (Å²) in [5.74, 6) is 1.85. The van der Waals surface area contributed by atoms with Crippen LogP contribution in [0.1, 0.15) is 38.0 Å². The first-order valence-electron chi connectivity index (χ1n) is 6.26. The van der Waals surface area contributed by atoms with Gasteiger partial charge in [-0.1, -0.05) is 45.2 Å². The molecule has 3 nitrogen and oxygen atoms in total. The van der Waals surface area contributed by atoms with Gasteiger partial charge in [0.25, 0.3) is 0 Å². The Morgan fingerprint density at radius 2 is 1.75 bits per heavy atom. The van der Waals surface area contributed by atoms with Crippen molar-refractivity contribution >= 4 is 39.1 Å². The van der Waals surface area contributed by atoms with Gasteiger partial charge in [-0.15, -0.1) is 10.2 Å². The van der Waals surface area contributed by atoms with E-state index in [9.17, 15) is 0 Å². The zero-order valence-corrected chi connectivity index (χ0v) is 14.7. The van der Waals surface area contributed by atoms with Gasteiger partial charge in [0.1, 0.15) is 11.6 Å². The molecular formula is C14H16BrCl2N3. The van der Waals surface area contributed by atoms with Gasteiger partial charge in [-0.2, -0.15) is 0 Å². The van der Waals surface area contributed by atoms with E-state index in [2.05, 4.69) is 51.5 Å². The third-order valence-electron chi connectivity index (χ3n) is 2.93. The molecule has 20 heavy (non-hydrogen) atoms. The molecule has 0 atom stereocenters. The van der Waals surface area contributed by atoms with E-state index in [4.69, 9.17) is 23.2 Å². The molecule has 0 amide bonds. The summed E-state index contributed by atoms with van der Waals surface area (Å²) < 4.78 is 2.16. The van der Waals surface area contributed by atoms with Crippen LogP contribution >= 0.6 is 39.1 Å². The van der Waals surface area contributed by atoms with Gasteiger partial charge in [-0.25, -0.2) is 0 Å². The van der Waals surface area contributed by atoms with Crippen molar-refractivity contribution in [2.24, 2.45) is 0 Å². The number of benzene rings is 1. The summed E-state index contributed by atoms with van der Waals surface area (Å²) in [6, 6.07) is 5.64. The van der Waals surface area contributed by atoms with Crippen molar-refractivity contribution in [2.75, 3.05) is 0 Å².